The zero-order valence-corrected chi connectivity index (χ0v) is 9.70. The zero-order valence-electron chi connectivity index (χ0n) is 8.94. The van der Waals surface area contributed by atoms with Crippen molar-refractivity contribution in [3.05, 3.63) is 34.9 Å². The van der Waals surface area contributed by atoms with Gasteiger partial charge < -0.3 is 10.1 Å². The third-order valence-electron chi connectivity index (χ3n) is 2.54. The Bertz CT molecular complexity index is 397. The molecule has 1 unspecified atom stereocenters. The van der Waals surface area contributed by atoms with E-state index in [1.54, 1.807) is 18.0 Å². The Kier molecular flexibility index (Phi) is 3.31. The molecule has 0 aromatic heterocycles. The molecule has 1 heterocycles. The van der Waals surface area contributed by atoms with Crippen molar-refractivity contribution in [2.45, 2.75) is 6.23 Å². The monoisotopic (exact) mass is 240 g/mol. The van der Waals surface area contributed by atoms with Crippen LogP contribution in [0.2, 0.25) is 5.02 Å². The van der Waals surface area contributed by atoms with Gasteiger partial charge in [-0.05, 0) is 6.07 Å². The summed E-state index contributed by atoms with van der Waals surface area (Å²) in [6, 6.07) is 7.24. The fraction of sp³-hybridized carbons (Fsp3) is 0.364. The number of amides is 2. The van der Waals surface area contributed by atoms with Crippen molar-refractivity contribution in [1.29, 1.82) is 0 Å². The molecule has 1 aliphatic rings. The molecule has 0 spiro atoms. The van der Waals surface area contributed by atoms with E-state index in [9.17, 15) is 4.79 Å². The fourth-order valence-corrected chi connectivity index (χ4v) is 1.98. The van der Waals surface area contributed by atoms with Crippen LogP contribution >= 0.6 is 11.6 Å². The largest absolute Gasteiger partial charge is 0.352 e. The molecule has 1 aromatic rings. The number of benzene rings is 1. The maximum Gasteiger partial charge on any atom is 0.319 e. The van der Waals surface area contributed by atoms with Crippen molar-refractivity contribution >= 4 is 17.6 Å². The Morgan fingerprint density at radius 2 is 2.31 bits per heavy atom. The van der Waals surface area contributed by atoms with E-state index in [-0.39, 0.29) is 12.3 Å². The van der Waals surface area contributed by atoms with Gasteiger partial charge in [0, 0.05) is 24.2 Å². The number of ether oxygens (including phenoxy) is 1. The number of nitrogens with zero attached hydrogens (tertiary/aromatic N) is 1. The summed E-state index contributed by atoms with van der Waals surface area (Å²) in [5, 5.41) is 3.20. The van der Waals surface area contributed by atoms with E-state index in [2.05, 4.69) is 5.32 Å². The highest BCUT2D eigenvalue weighted by molar-refractivity contribution is 6.31. The van der Waals surface area contributed by atoms with Gasteiger partial charge >= 0.3 is 6.03 Å². The van der Waals surface area contributed by atoms with E-state index in [4.69, 9.17) is 16.3 Å². The van der Waals surface area contributed by atoms with E-state index in [0.29, 0.717) is 18.2 Å². The molecular formula is C11H13ClN2O2. The summed E-state index contributed by atoms with van der Waals surface area (Å²) >= 11 is 6.08. The van der Waals surface area contributed by atoms with Gasteiger partial charge in [0.2, 0.25) is 0 Å². The van der Waals surface area contributed by atoms with E-state index in [0.717, 1.165) is 5.56 Å². The van der Waals surface area contributed by atoms with Crippen LogP contribution < -0.4 is 5.32 Å². The lowest BCUT2D eigenvalue weighted by atomic mass is 10.2. The molecule has 0 aliphatic carbocycles. The molecule has 1 aromatic carbocycles. The lowest BCUT2D eigenvalue weighted by Gasteiger charge is -2.23. The van der Waals surface area contributed by atoms with Gasteiger partial charge in [0.15, 0.2) is 6.23 Å². The van der Waals surface area contributed by atoms with Crippen molar-refractivity contribution in [1.82, 2.24) is 10.2 Å². The van der Waals surface area contributed by atoms with Gasteiger partial charge in [-0.1, -0.05) is 29.8 Å². The van der Waals surface area contributed by atoms with Gasteiger partial charge in [-0.2, -0.15) is 0 Å². The molecular weight excluding hydrogens is 228 g/mol. The Hall–Kier alpha value is -1.26. The molecule has 0 saturated carbocycles. The second-order valence-electron chi connectivity index (χ2n) is 3.49. The fourth-order valence-electron chi connectivity index (χ4n) is 1.75. The first-order chi connectivity index (χ1) is 7.74. The van der Waals surface area contributed by atoms with Gasteiger partial charge in [0.1, 0.15) is 0 Å². The van der Waals surface area contributed by atoms with Gasteiger partial charge in [0.25, 0.3) is 0 Å². The number of nitrogens with one attached hydrogen (secondary N) is 1. The molecule has 1 saturated heterocycles. The highest BCUT2D eigenvalue weighted by atomic mass is 35.5. The first-order valence-electron chi connectivity index (χ1n) is 5.08. The molecule has 2 rings (SSSR count). The van der Waals surface area contributed by atoms with Crippen LogP contribution in [0.25, 0.3) is 0 Å². The van der Waals surface area contributed by atoms with Crippen LogP contribution in [-0.4, -0.2) is 31.1 Å². The van der Waals surface area contributed by atoms with Crippen LogP contribution in [-0.2, 0) is 4.74 Å². The van der Waals surface area contributed by atoms with Crippen molar-refractivity contribution in [3.8, 4) is 0 Å². The normalized spacial score (nSPS) is 19.9. The smallest absolute Gasteiger partial charge is 0.319 e. The van der Waals surface area contributed by atoms with Crippen LogP contribution in [0, 0.1) is 0 Å². The van der Waals surface area contributed by atoms with E-state index in [1.807, 2.05) is 18.2 Å². The van der Waals surface area contributed by atoms with Crippen molar-refractivity contribution in [2.75, 3.05) is 20.2 Å². The van der Waals surface area contributed by atoms with Gasteiger partial charge in [-0.15, -0.1) is 0 Å². The van der Waals surface area contributed by atoms with Gasteiger partial charge in [-0.25, -0.2) is 4.79 Å². The van der Waals surface area contributed by atoms with E-state index < -0.39 is 0 Å². The molecule has 2 amide bonds. The van der Waals surface area contributed by atoms with E-state index >= 15 is 0 Å². The first kappa shape index (κ1) is 11.2. The number of rotatable bonds is 1. The summed E-state index contributed by atoms with van der Waals surface area (Å²) in [6.07, 6.45) is -0.381. The summed E-state index contributed by atoms with van der Waals surface area (Å²) in [4.78, 5) is 13.2. The summed E-state index contributed by atoms with van der Waals surface area (Å²) in [5.41, 5.74) is 0.824. The highest BCUT2D eigenvalue weighted by Crippen LogP contribution is 2.31. The third kappa shape index (κ3) is 1.99. The molecule has 0 bridgehead atoms. The minimum absolute atomic E-state index is 0.151. The Labute approximate surface area is 99.1 Å². The molecule has 4 nitrogen and oxygen atoms in total. The maximum atomic E-state index is 11.6. The molecule has 1 fully saturated rings. The van der Waals surface area contributed by atoms with Crippen molar-refractivity contribution in [3.63, 3.8) is 0 Å². The third-order valence-corrected chi connectivity index (χ3v) is 2.88. The first-order valence-corrected chi connectivity index (χ1v) is 5.46. The topological polar surface area (TPSA) is 41.6 Å². The van der Waals surface area contributed by atoms with Crippen LogP contribution in [0.3, 0.4) is 0 Å². The molecule has 1 N–H and O–H groups in total. The lowest BCUT2D eigenvalue weighted by Crippen LogP contribution is -2.37. The van der Waals surface area contributed by atoms with Crippen molar-refractivity contribution in [2.24, 2.45) is 0 Å². The number of halogens is 1. The molecule has 0 radical (unpaired) electrons. The quantitative estimate of drug-likeness (QED) is 0.816. The van der Waals surface area contributed by atoms with Gasteiger partial charge in [0.05, 0.1) is 6.61 Å². The van der Waals surface area contributed by atoms with Crippen LogP contribution in [0.5, 0.6) is 0 Å². The number of hydrogen-bond acceptors (Lipinski definition) is 2. The highest BCUT2D eigenvalue weighted by Gasteiger charge is 2.31. The summed E-state index contributed by atoms with van der Waals surface area (Å²) in [5.74, 6) is 0. The molecule has 16 heavy (non-hydrogen) atoms. The second-order valence-corrected chi connectivity index (χ2v) is 3.90. The number of urea groups is 1. The number of carbonyl (C=O) groups excluding carboxylic acids is 1. The molecule has 86 valence electrons. The number of carbonyl (C=O) groups is 1. The maximum absolute atomic E-state index is 11.6. The minimum Gasteiger partial charge on any atom is -0.352 e. The predicted octanol–water partition coefficient (Wildman–Crippen LogP) is 2.01. The Morgan fingerprint density at radius 1 is 1.56 bits per heavy atom. The lowest BCUT2D eigenvalue weighted by molar-refractivity contribution is 0.0495. The van der Waals surface area contributed by atoms with E-state index in [1.165, 1.54) is 0 Å². The molecule has 5 heteroatoms. The van der Waals surface area contributed by atoms with Crippen molar-refractivity contribution < 1.29 is 9.53 Å². The van der Waals surface area contributed by atoms with Gasteiger partial charge in [-0.3, -0.25) is 4.90 Å². The standard InChI is InChI=1S/C11H13ClN2O2/c1-13-11(15)14-6-7-16-10(14)8-4-2-3-5-9(8)12/h2-5,10H,6-7H2,1H3,(H,13,15). The molecule has 1 aliphatic heterocycles. The second kappa shape index (κ2) is 4.72. The van der Waals surface area contributed by atoms with Crippen LogP contribution in [0.15, 0.2) is 24.3 Å². The Balaban J connectivity index is 2.27. The minimum atomic E-state index is -0.381. The summed E-state index contributed by atoms with van der Waals surface area (Å²) in [6.45, 7) is 1.11. The average molecular weight is 241 g/mol. The van der Waals surface area contributed by atoms with Crippen LogP contribution in [0.4, 0.5) is 4.79 Å². The SMILES string of the molecule is CNC(=O)N1CCOC1c1ccccc1Cl. The molecule has 1 atom stereocenters. The zero-order chi connectivity index (χ0) is 11.5. The number of hydrogen-bond donors (Lipinski definition) is 1. The summed E-state index contributed by atoms with van der Waals surface area (Å²) in [7, 11) is 1.60. The predicted molar refractivity (Wildman–Crippen MR) is 61.3 cm³/mol. The summed E-state index contributed by atoms with van der Waals surface area (Å²) < 4.78 is 5.54. The average Bonchev–Trinajstić information content (AvgIpc) is 2.77. The van der Waals surface area contributed by atoms with Crippen LogP contribution in [0.1, 0.15) is 11.8 Å². The Morgan fingerprint density at radius 3 is 3.00 bits per heavy atom.